The fourth-order valence-electron chi connectivity index (χ4n) is 2.00. The van der Waals surface area contributed by atoms with Gasteiger partial charge in [0, 0.05) is 0 Å². The molecule has 0 unspecified atom stereocenters. The van der Waals surface area contributed by atoms with Gasteiger partial charge in [0.15, 0.2) is 0 Å². The van der Waals surface area contributed by atoms with Crippen molar-refractivity contribution in [3.63, 3.8) is 0 Å². The van der Waals surface area contributed by atoms with Crippen LogP contribution in [0.15, 0.2) is 51.6 Å². The van der Waals surface area contributed by atoms with Gasteiger partial charge in [0.1, 0.15) is 23.0 Å². The Balaban J connectivity index is 1.82. The Morgan fingerprint density at radius 1 is 1.30 bits per heavy atom. The van der Waals surface area contributed by atoms with Crippen LogP contribution < -0.4 is 10.3 Å². The van der Waals surface area contributed by atoms with E-state index in [0.29, 0.717) is 22.6 Å². The molecule has 0 fully saturated rings. The molecule has 0 aliphatic heterocycles. The molecule has 0 amide bonds. The number of rotatable bonds is 5. The second-order valence-electron chi connectivity index (χ2n) is 4.72. The summed E-state index contributed by atoms with van der Waals surface area (Å²) in [5.41, 5.74) is 0.857. The Hall–Kier alpha value is -2.18. The standard InChI is InChI=1S/C17H13BrN2O2S/c1-2-9-22-12-6-3-11(4-7-12)5-8-15-19-16(21)13-10-14(18)23-17(13)20-15/h2-8,10H,1,9H2,(H,19,20,21)/b8-5+. The lowest BCUT2D eigenvalue weighted by atomic mass is 10.2. The lowest BCUT2D eigenvalue weighted by molar-refractivity contribution is 0.363. The van der Waals surface area contributed by atoms with Gasteiger partial charge in [0.05, 0.1) is 9.17 Å². The number of H-pyrrole nitrogens is 1. The Bertz CT molecular complexity index is 926. The second kappa shape index (κ2) is 6.93. The van der Waals surface area contributed by atoms with Crippen LogP contribution in [0.25, 0.3) is 22.4 Å². The minimum absolute atomic E-state index is 0.134. The third-order valence-electron chi connectivity index (χ3n) is 3.07. The topological polar surface area (TPSA) is 55.0 Å². The minimum atomic E-state index is -0.134. The number of hydrogen-bond donors (Lipinski definition) is 1. The van der Waals surface area contributed by atoms with Crippen LogP contribution in [0.5, 0.6) is 5.75 Å². The summed E-state index contributed by atoms with van der Waals surface area (Å²) in [6, 6.07) is 9.43. The van der Waals surface area contributed by atoms with Crippen LogP contribution in [-0.2, 0) is 0 Å². The average Bonchev–Trinajstić information content (AvgIpc) is 2.93. The number of thiophene rings is 1. The maximum Gasteiger partial charge on any atom is 0.259 e. The molecule has 1 N–H and O–H groups in total. The highest BCUT2D eigenvalue weighted by Crippen LogP contribution is 2.26. The molecular weight excluding hydrogens is 376 g/mol. The van der Waals surface area contributed by atoms with Crippen molar-refractivity contribution in [3.8, 4) is 5.75 Å². The smallest absolute Gasteiger partial charge is 0.259 e. The molecule has 1 aromatic carbocycles. The van der Waals surface area contributed by atoms with Crippen molar-refractivity contribution in [2.45, 2.75) is 0 Å². The van der Waals surface area contributed by atoms with Crippen molar-refractivity contribution in [1.29, 1.82) is 0 Å². The first-order chi connectivity index (χ1) is 11.2. The highest BCUT2D eigenvalue weighted by Gasteiger charge is 2.06. The molecule has 0 aliphatic rings. The molecule has 2 aromatic heterocycles. The van der Waals surface area contributed by atoms with E-state index in [2.05, 4.69) is 32.5 Å². The number of aromatic amines is 1. The fraction of sp³-hybridized carbons (Fsp3) is 0.0588. The number of fused-ring (bicyclic) bond motifs is 1. The van der Waals surface area contributed by atoms with Crippen LogP contribution in [-0.4, -0.2) is 16.6 Å². The van der Waals surface area contributed by atoms with Crippen molar-refractivity contribution >= 4 is 49.6 Å². The van der Waals surface area contributed by atoms with E-state index in [1.54, 1.807) is 18.2 Å². The van der Waals surface area contributed by atoms with Crippen LogP contribution in [0.1, 0.15) is 11.4 Å². The lowest BCUT2D eigenvalue weighted by Gasteiger charge is -2.02. The Morgan fingerprint density at radius 3 is 2.83 bits per heavy atom. The molecule has 0 aliphatic carbocycles. The molecule has 4 nitrogen and oxygen atoms in total. The normalized spacial score (nSPS) is 11.2. The molecule has 23 heavy (non-hydrogen) atoms. The third-order valence-corrected chi connectivity index (χ3v) is 4.60. The summed E-state index contributed by atoms with van der Waals surface area (Å²) < 4.78 is 6.32. The Labute approximate surface area is 145 Å². The highest BCUT2D eigenvalue weighted by molar-refractivity contribution is 9.11. The van der Waals surface area contributed by atoms with Crippen molar-refractivity contribution in [3.05, 3.63) is 68.5 Å². The van der Waals surface area contributed by atoms with Crippen molar-refractivity contribution < 1.29 is 4.74 Å². The number of benzene rings is 1. The zero-order valence-electron chi connectivity index (χ0n) is 12.1. The van der Waals surface area contributed by atoms with E-state index < -0.39 is 0 Å². The molecule has 2 heterocycles. The Kier molecular flexibility index (Phi) is 4.73. The highest BCUT2D eigenvalue weighted by atomic mass is 79.9. The first kappa shape index (κ1) is 15.7. The number of ether oxygens (including phenoxy) is 1. The predicted molar refractivity (Wildman–Crippen MR) is 99.0 cm³/mol. The summed E-state index contributed by atoms with van der Waals surface area (Å²) in [5.74, 6) is 1.32. The zero-order valence-corrected chi connectivity index (χ0v) is 14.5. The number of aromatic nitrogens is 2. The van der Waals surface area contributed by atoms with E-state index in [1.807, 2.05) is 30.3 Å². The molecule has 3 aromatic rings. The predicted octanol–water partition coefficient (Wildman–Crippen LogP) is 4.48. The largest absolute Gasteiger partial charge is 0.490 e. The van der Waals surface area contributed by atoms with Crippen LogP contribution in [0.2, 0.25) is 0 Å². The maximum atomic E-state index is 12.0. The molecule has 3 rings (SSSR count). The summed E-state index contributed by atoms with van der Waals surface area (Å²) in [7, 11) is 0. The van der Waals surface area contributed by atoms with Gasteiger partial charge in [0.2, 0.25) is 0 Å². The van der Waals surface area contributed by atoms with Crippen LogP contribution in [0, 0.1) is 0 Å². The third kappa shape index (κ3) is 3.78. The summed E-state index contributed by atoms with van der Waals surface area (Å²) in [6.07, 6.45) is 5.38. The van der Waals surface area contributed by atoms with E-state index in [9.17, 15) is 4.79 Å². The zero-order chi connectivity index (χ0) is 16.2. The molecular formula is C17H13BrN2O2S. The second-order valence-corrected chi connectivity index (χ2v) is 7.13. The fourth-order valence-corrected chi connectivity index (χ4v) is 3.46. The van der Waals surface area contributed by atoms with E-state index in [-0.39, 0.29) is 5.56 Å². The number of nitrogens with zero attached hydrogens (tertiary/aromatic N) is 1. The molecule has 116 valence electrons. The van der Waals surface area contributed by atoms with Gasteiger partial charge in [-0.3, -0.25) is 4.79 Å². The van der Waals surface area contributed by atoms with Crippen LogP contribution >= 0.6 is 27.3 Å². The molecule has 6 heteroatoms. The van der Waals surface area contributed by atoms with Gasteiger partial charge in [-0.05, 0) is 45.8 Å². The van der Waals surface area contributed by atoms with Gasteiger partial charge in [-0.25, -0.2) is 4.98 Å². The average molecular weight is 389 g/mol. The number of hydrogen-bond acceptors (Lipinski definition) is 4. The van der Waals surface area contributed by atoms with Crippen molar-refractivity contribution in [1.82, 2.24) is 9.97 Å². The van der Waals surface area contributed by atoms with Gasteiger partial charge in [-0.1, -0.05) is 30.9 Å². The van der Waals surface area contributed by atoms with Gasteiger partial charge in [-0.2, -0.15) is 0 Å². The SMILES string of the molecule is C=CCOc1ccc(/C=C/c2nc3sc(Br)cc3c(=O)[nH]2)cc1. The van der Waals surface area contributed by atoms with Gasteiger partial charge < -0.3 is 9.72 Å². The Morgan fingerprint density at radius 2 is 2.09 bits per heavy atom. The van der Waals surface area contributed by atoms with Crippen LogP contribution in [0.4, 0.5) is 0 Å². The molecule has 0 radical (unpaired) electrons. The number of nitrogens with one attached hydrogen (secondary N) is 1. The van der Waals surface area contributed by atoms with E-state index in [1.165, 1.54) is 11.3 Å². The van der Waals surface area contributed by atoms with Gasteiger partial charge in [0.25, 0.3) is 5.56 Å². The molecule has 0 bridgehead atoms. The summed E-state index contributed by atoms with van der Waals surface area (Å²) in [5, 5.41) is 0.600. The van der Waals surface area contributed by atoms with E-state index >= 15 is 0 Å². The van der Waals surface area contributed by atoms with Gasteiger partial charge in [-0.15, -0.1) is 11.3 Å². The van der Waals surface area contributed by atoms with E-state index in [4.69, 9.17) is 4.74 Å². The molecule has 0 atom stereocenters. The quantitative estimate of drug-likeness (QED) is 0.655. The summed E-state index contributed by atoms with van der Waals surface area (Å²) in [6.45, 7) is 4.10. The number of halogens is 1. The summed E-state index contributed by atoms with van der Waals surface area (Å²) in [4.78, 5) is 19.9. The van der Waals surface area contributed by atoms with Crippen molar-refractivity contribution in [2.75, 3.05) is 6.61 Å². The summed E-state index contributed by atoms with van der Waals surface area (Å²) >= 11 is 4.81. The molecule has 0 saturated heterocycles. The first-order valence-electron chi connectivity index (χ1n) is 6.87. The van der Waals surface area contributed by atoms with Crippen molar-refractivity contribution in [2.24, 2.45) is 0 Å². The molecule has 0 saturated carbocycles. The first-order valence-corrected chi connectivity index (χ1v) is 8.48. The minimum Gasteiger partial charge on any atom is -0.490 e. The lowest BCUT2D eigenvalue weighted by Crippen LogP contribution is -2.07. The maximum absolute atomic E-state index is 12.0. The van der Waals surface area contributed by atoms with E-state index in [0.717, 1.165) is 15.1 Å². The molecule has 0 spiro atoms. The van der Waals surface area contributed by atoms with Crippen LogP contribution in [0.3, 0.4) is 0 Å². The van der Waals surface area contributed by atoms with Gasteiger partial charge >= 0.3 is 0 Å². The monoisotopic (exact) mass is 388 g/mol.